The molecule has 1 rings (SSSR count). The van der Waals surface area contributed by atoms with Gasteiger partial charge in [-0.3, -0.25) is 0 Å². The average molecular weight is 265 g/mol. The van der Waals surface area contributed by atoms with Crippen LogP contribution in [0.3, 0.4) is 0 Å². The molecule has 0 spiro atoms. The van der Waals surface area contributed by atoms with Crippen LogP contribution in [0.5, 0.6) is 17.2 Å². The highest BCUT2D eigenvalue weighted by molar-refractivity contribution is 5.54. The molecule has 0 atom stereocenters. The molecule has 0 heterocycles. The van der Waals surface area contributed by atoms with E-state index in [4.69, 9.17) is 19.9 Å². The predicted molar refractivity (Wildman–Crippen MR) is 77.2 cm³/mol. The number of ether oxygens (including phenoxy) is 3. The van der Waals surface area contributed by atoms with Crippen LogP contribution in [-0.2, 0) is 6.42 Å². The Bertz CT molecular complexity index is 404. The van der Waals surface area contributed by atoms with E-state index in [1.54, 1.807) is 14.2 Å². The molecule has 0 bridgehead atoms. The van der Waals surface area contributed by atoms with Gasteiger partial charge in [0.05, 0.1) is 20.8 Å². The third-order valence-corrected chi connectivity index (χ3v) is 2.73. The number of methoxy groups -OCH3 is 2. The Balaban J connectivity index is 2.95. The lowest BCUT2D eigenvalue weighted by atomic mass is 10.1. The molecule has 2 N–H and O–H groups in total. The highest BCUT2D eigenvalue weighted by atomic mass is 16.5. The Labute approximate surface area is 115 Å². The molecule has 0 aromatic heterocycles. The molecule has 0 unspecified atom stereocenters. The second-order valence-electron chi connectivity index (χ2n) is 4.42. The summed E-state index contributed by atoms with van der Waals surface area (Å²) in [6.45, 7) is 6.97. The molecule has 19 heavy (non-hydrogen) atoms. The summed E-state index contributed by atoms with van der Waals surface area (Å²) in [5.74, 6) is 1.97. The van der Waals surface area contributed by atoms with Crippen LogP contribution in [0.1, 0.15) is 18.9 Å². The van der Waals surface area contributed by atoms with Gasteiger partial charge in [-0.2, -0.15) is 0 Å². The van der Waals surface area contributed by atoms with Gasteiger partial charge in [-0.15, -0.1) is 6.58 Å². The van der Waals surface area contributed by atoms with Crippen LogP contribution in [0, 0.1) is 0 Å². The number of hydrogen-bond donors (Lipinski definition) is 1. The molecule has 0 radical (unpaired) electrons. The zero-order valence-electron chi connectivity index (χ0n) is 12.0. The van der Waals surface area contributed by atoms with Gasteiger partial charge >= 0.3 is 0 Å². The van der Waals surface area contributed by atoms with Crippen LogP contribution >= 0.6 is 0 Å². The molecule has 0 saturated heterocycles. The van der Waals surface area contributed by atoms with Crippen LogP contribution in [0.15, 0.2) is 24.3 Å². The van der Waals surface area contributed by atoms with E-state index >= 15 is 0 Å². The van der Waals surface area contributed by atoms with E-state index in [0.717, 1.165) is 24.0 Å². The summed E-state index contributed by atoms with van der Waals surface area (Å²) < 4.78 is 16.5. The summed E-state index contributed by atoms with van der Waals surface area (Å²) in [7, 11) is 3.24. The number of rotatable bonds is 8. The van der Waals surface area contributed by atoms with Crippen LogP contribution in [0.2, 0.25) is 0 Å². The summed E-state index contributed by atoms with van der Waals surface area (Å²) in [6, 6.07) is 3.87. The molecule has 0 saturated carbocycles. The molecule has 0 fully saturated rings. The maximum atomic E-state index is 5.75. The van der Waals surface area contributed by atoms with Gasteiger partial charge in [0.2, 0.25) is 5.75 Å². The number of benzene rings is 1. The zero-order valence-corrected chi connectivity index (χ0v) is 12.0. The first-order valence-corrected chi connectivity index (χ1v) is 6.34. The van der Waals surface area contributed by atoms with E-state index < -0.39 is 0 Å². The fourth-order valence-electron chi connectivity index (χ4n) is 1.71. The SMILES string of the molecule is C=C(C)CCOc1c(OC)cc(CCN)cc1OC. The summed E-state index contributed by atoms with van der Waals surface area (Å²) >= 11 is 0. The normalized spacial score (nSPS) is 10.1. The molecule has 0 amide bonds. The van der Waals surface area contributed by atoms with E-state index in [1.165, 1.54) is 0 Å². The molecular formula is C15H23NO3. The lowest BCUT2D eigenvalue weighted by molar-refractivity contribution is 0.277. The smallest absolute Gasteiger partial charge is 0.203 e. The van der Waals surface area contributed by atoms with Crippen molar-refractivity contribution in [3.05, 3.63) is 29.8 Å². The van der Waals surface area contributed by atoms with Gasteiger partial charge < -0.3 is 19.9 Å². The topological polar surface area (TPSA) is 53.7 Å². The van der Waals surface area contributed by atoms with Crippen LogP contribution < -0.4 is 19.9 Å². The highest BCUT2D eigenvalue weighted by Gasteiger charge is 2.13. The molecule has 1 aromatic carbocycles. The van der Waals surface area contributed by atoms with Gasteiger partial charge in [-0.05, 0) is 37.6 Å². The minimum atomic E-state index is 0.554. The first-order valence-electron chi connectivity index (χ1n) is 6.34. The largest absolute Gasteiger partial charge is 0.493 e. The summed E-state index contributed by atoms with van der Waals surface area (Å²) in [6.07, 6.45) is 1.58. The van der Waals surface area contributed by atoms with Crippen LogP contribution in [0.25, 0.3) is 0 Å². The van der Waals surface area contributed by atoms with Gasteiger partial charge in [0.25, 0.3) is 0 Å². The molecular weight excluding hydrogens is 242 g/mol. The average Bonchev–Trinajstić information content (AvgIpc) is 2.39. The first-order chi connectivity index (χ1) is 9.12. The fraction of sp³-hybridized carbons (Fsp3) is 0.467. The Morgan fingerprint density at radius 1 is 1.21 bits per heavy atom. The minimum absolute atomic E-state index is 0.554. The molecule has 4 nitrogen and oxygen atoms in total. The molecule has 106 valence electrons. The third-order valence-electron chi connectivity index (χ3n) is 2.73. The molecule has 0 aliphatic rings. The Morgan fingerprint density at radius 3 is 2.21 bits per heavy atom. The lowest BCUT2D eigenvalue weighted by Gasteiger charge is -2.16. The van der Waals surface area contributed by atoms with Crippen molar-refractivity contribution in [1.82, 2.24) is 0 Å². The van der Waals surface area contributed by atoms with Crippen molar-refractivity contribution in [3.8, 4) is 17.2 Å². The minimum Gasteiger partial charge on any atom is -0.493 e. The van der Waals surface area contributed by atoms with E-state index in [2.05, 4.69) is 6.58 Å². The van der Waals surface area contributed by atoms with Crippen molar-refractivity contribution >= 4 is 0 Å². The predicted octanol–water partition coefficient (Wildman–Crippen LogP) is 2.55. The van der Waals surface area contributed by atoms with Crippen molar-refractivity contribution in [2.75, 3.05) is 27.4 Å². The Morgan fingerprint density at radius 2 is 1.79 bits per heavy atom. The van der Waals surface area contributed by atoms with E-state index in [-0.39, 0.29) is 0 Å². The number of nitrogens with two attached hydrogens (primary N) is 1. The van der Waals surface area contributed by atoms with Crippen molar-refractivity contribution < 1.29 is 14.2 Å². The second-order valence-corrected chi connectivity index (χ2v) is 4.42. The van der Waals surface area contributed by atoms with Gasteiger partial charge in [-0.25, -0.2) is 0 Å². The molecule has 4 heteroatoms. The number of hydrogen-bond acceptors (Lipinski definition) is 4. The quantitative estimate of drug-likeness (QED) is 0.734. The van der Waals surface area contributed by atoms with Crippen molar-refractivity contribution in [3.63, 3.8) is 0 Å². The van der Waals surface area contributed by atoms with Crippen molar-refractivity contribution in [2.45, 2.75) is 19.8 Å². The van der Waals surface area contributed by atoms with Gasteiger partial charge in [0.1, 0.15) is 0 Å². The zero-order chi connectivity index (χ0) is 14.3. The van der Waals surface area contributed by atoms with Crippen molar-refractivity contribution in [2.24, 2.45) is 5.73 Å². The van der Waals surface area contributed by atoms with E-state index in [9.17, 15) is 0 Å². The summed E-state index contributed by atoms with van der Waals surface area (Å²) in [5, 5.41) is 0. The third kappa shape index (κ3) is 4.48. The fourth-order valence-corrected chi connectivity index (χ4v) is 1.71. The molecule has 0 aliphatic heterocycles. The molecule has 1 aromatic rings. The van der Waals surface area contributed by atoms with Crippen molar-refractivity contribution in [1.29, 1.82) is 0 Å². The van der Waals surface area contributed by atoms with Gasteiger partial charge in [0, 0.05) is 6.42 Å². The maximum Gasteiger partial charge on any atom is 0.203 e. The van der Waals surface area contributed by atoms with E-state index in [0.29, 0.717) is 30.4 Å². The molecule has 0 aliphatic carbocycles. The van der Waals surface area contributed by atoms with Crippen LogP contribution in [0.4, 0.5) is 0 Å². The first kappa shape index (κ1) is 15.4. The highest BCUT2D eigenvalue weighted by Crippen LogP contribution is 2.38. The summed E-state index contributed by atoms with van der Waals surface area (Å²) in [5.41, 5.74) is 7.73. The second kappa shape index (κ2) is 7.69. The van der Waals surface area contributed by atoms with E-state index in [1.807, 2.05) is 19.1 Å². The lowest BCUT2D eigenvalue weighted by Crippen LogP contribution is -2.05. The monoisotopic (exact) mass is 265 g/mol. The standard InChI is InChI=1S/C15H23NO3/c1-11(2)6-8-19-15-13(17-3)9-12(5-7-16)10-14(15)18-4/h9-10H,1,5-8,16H2,2-4H3. The summed E-state index contributed by atoms with van der Waals surface area (Å²) in [4.78, 5) is 0. The van der Waals surface area contributed by atoms with Gasteiger partial charge in [0.15, 0.2) is 11.5 Å². The maximum absolute atomic E-state index is 5.75. The Kier molecular flexibility index (Phi) is 6.22. The van der Waals surface area contributed by atoms with Crippen LogP contribution in [-0.4, -0.2) is 27.4 Å². The van der Waals surface area contributed by atoms with Gasteiger partial charge in [-0.1, -0.05) is 5.57 Å². The Hall–Kier alpha value is -1.68.